The highest BCUT2D eigenvalue weighted by atomic mass is 79.9. The van der Waals surface area contributed by atoms with Gasteiger partial charge >= 0.3 is 10.1 Å². The van der Waals surface area contributed by atoms with Gasteiger partial charge in [-0.25, -0.2) is 4.99 Å². The Labute approximate surface area is 221 Å². The normalized spacial score (nSPS) is 15.5. The van der Waals surface area contributed by atoms with E-state index in [0.29, 0.717) is 15.7 Å². The van der Waals surface area contributed by atoms with Crippen molar-refractivity contribution in [2.24, 2.45) is 4.99 Å². The van der Waals surface area contributed by atoms with Crippen LogP contribution in [-0.4, -0.2) is 29.3 Å². The van der Waals surface area contributed by atoms with Crippen LogP contribution in [0.2, 0.25) is 0 Å². The SMILES string of the molecule is O=C1NC(=Nc2ccc([N+](=O)[O-])cc2Br)S/C1=C/c1cccc(OS(=O)(=O)c2ccc([N+](=O)[O-])cc2)c1. The van der Waals surface area contributed by atoms with E-state index in [1.165, 1.54) is 42.5 Å². The third-order valence-corrected chi connectivity index (χ3v) is 7.52. The number of amides is 1. The molecule has 3 aromatic rings. The number of hydrogen-bond donors (Lipinski definition) is 1. The van der Waals surface area contributed by atoms with Gasteiger partial charge in [0.1, 0.15) is 10.6 Å². The number of nitrogens with one attached hydrogen (secondary N) is 1. The second-order valence-corrected chi connectivity index (χ2v) is 10.7. The van der Waals surface area contributed by atoms with Gasteiger partial charge in [-0.15, -0.1) is 0 Å². The Kier molecular flexibility index (Phi) is 7.37. The van der Waals surface area contributed by atoms with Crippen LogP contribution in [0.3, 0.4) is 0 Å². The van der Waals surface area contributed by atoms with Crippen LogP contribution in [-0.2, 0) is 14.9 Å². The highest BCUT2D eigenvalue weighted by Gasteiger charge is 2.25. The fourth-order valence-electron chi connectivity index (χ4n) is 3.01. The highest BCUT2D eigenvalue weighted by molar-refractivity contribution is 9.10. The number of aliphatic imine (C=N–C) groups is 1. The molecule has 188 valence electrons. The van der Waals surface area contributed by atoms with Gasteiger partial charge in [0, 0.05) is 24.3 Å². The summed E-state index contributed by atoms with van der Waals surface area (Å²) < 4.78 is 30.6. The van der Waals surface area contributed by atoms with E-state index in [4.69, 9.17) is 4.18 Å². The molecule has 1 fully saturated rings. The van der Waals surface area contributed by atoms with Crippen LogP contribution in [0, 0.1) is 20.2 Å². The summed E-state index contributed by atoms with van der Waals surface area (Å²) in [6.45, 7) is 0. The van der Waals surface area contributed by atoms with Crippen molar-refractivity contribution in [3.8, 4) is 5.75 Å². The molecule has 3 aromatic carbocycles. The molecule has 0 aliphatic carbocycles. The van der Waals surface area contributed by atoms with Crippen molar-refractivity contribution >= 4 is 72.0 Å². The number of hydrogen-bond acceptors (Lipinski definition) is 10. The van der Waals surface area contributed by atoms with Crippen molar-refractivity contribution in [2.45, 2.75) is 4.90 Å². The number of rotatable bonds is 7. The number of non-ortho nitro benzene ring substituents is 2. The molecule has 1 N–H and O–H groups in total. The van der Waals surface area contributed by atoms with Crippen LogP contribution in [0.15, 0.2) is 86.0 Å². The molecule has 12 nitrogen and oxygen atoms in total. The van der Waals surface area contributed by atoms with Gasteiger partial charge in [0.15, 0.2) is 5.17 Å². The Balaban J connectivity index is 1.52. The number of benzene rings is 3. The lowest BCUT2D eigenvalue weighted by Crippen LogP contribution is -2.19. The number of carbonyl (C=O) groups excluding carboxylic acids is 1. The minimum absolute atomic E-state index is 0.0280. The molecule has 1 aliphatic rings. The molecule has 4 rings (SSSR count). The Morgan fingerprint density at radius 3 is 2.30 bits per heavy atom. The third kappa shape index (κ3) is 6.19. The minimum Gasteiger partial charge on any atom is -0.379 e. The second kappa shape index (κ2) is 10.5. The molecule has 0 unspecified atom stereocenters. The van der Waals surface area contributed by atoms with Crippen molar-refractivity contribution in [1.82, 2.24) is 5.32 Å². The highest BCUT2D eigenvalue weighted by Crippen LogP contribution is 2.33. The van der Waals surface area contributed by atoms with Gasteiger partial charge in [-0.3, -0.25) is 25.0 Å². The van der Waals surface area contributed by atoms with E-state index in [2.05, 4.69) is 26.2 Å². The van der Waals surface area contributed by atoms with Crippen LogP contribution in [0.1, 0.15) is 5.56 Å². The maximum absolute atomic E-state index is 12.6. The van der Waals surface area contributed by atoms with E-state index < -0.39 is 25.9 Å². The molecule has 0 radical (unpaired) electrons. The van der Waals surface area contributed by atoms with E-state index in [1.807, 2.05) is 0 Å². The lowest BCUT2D eigenvalue weighted by molar-refractivity contribution is -0.385. The van der Waals surface area contributed by atoms with Crippen molar-refractivity contribution < 1.29 is 27.2 Å². The number of carbonyl (C=O) groups is 1. The molecule has 0 aromatic heterocycles. The molecule has 1 heterocycles. The monoisotopic (exact) mass is 604 g/mol. The van der Waals surface area contributed by atoms with Gasteiger partial charge in [0.25, 0.3) is 17.3 Å². The van der Waals surface area contributed by atoms with Gasteiger partial charge in [0.2, 0.25) is 0 Å². The molecular formula is C22H13BrN4O8S2. The Hall–Kier alpha value is -4.08. The summed E-state index contributed by atoms with van der Waals surface area (Å²) in [6, 6.07) is 14.3. The number of nitro groups is 2. The zero-order chi connectivity index (χ0) is 26.7. The predicted molar refractivity (Wildman–Crippen MR) is 139 cm³/mol. The predicted octanol–water partition coefficient (Wildman–Crippen LogP) is 4.92. The molecular weight excluding hydrogens is 592 g/mol. The zero-order valence-corrected chi connectivity index (χ0v) is 21.4. The Bertz CT molecular complexity index is 1610. The first-order chi connectivity index (χ1) is 17.5. The quantitative estimate of drug-likeness (QED) is 0.170. The third-order valence-electron chi connectivity index (χ3n) is 4.71. The summed E-state index contributed by atoms with van der Waals surface area (Å²) in [7, 11) is -4.26. The summed E-state index contributed by atoms with van der Waals surface area (Å²) in [5, 5.41) is 24.5. The molecule has 0 saturated carbocycles. The van der Waals surface area contributed by atoms with Gasteiger partial charge in [-0.1, -0.05) is 12.1 Å². The number of halogens is 1. The van der Waals surface area contributed by atoms with E-state index in [9.17, 15) is 33.4 Å². The van der Waals surface area contributed by atoms with E-state index >= 15 is 0 Å². The number of nitrogens with zero attached hydrogens (tertiary/aromatic N) is 3. The molecule has 0 atom stereocenters. The molecule has 1 saturated heterocycles. The first-order valence-corrected chi connectivity index (χ1v) is 13.1. The smallest absolute Gasteiger partial charge is 0.339 e. The Morgan fingerprint density at radius 2 is 1.65 bits per heavy atom. The first kappa shape index (κ1) is 26.0. The maximum atomic E-state index is 12.6. The average Bonchev–Trinajstić information content (AvgIpc) is 3.18. The largest absolute Gasteiger partial charge is 0.379 e. The van der Waals surface area contributed by atoms with E-state index in [-0.39, 0.29) is 32.1 Å². The van der Waals surface area contributed by atoms with Gasteiger partial charge in [0.05, 0.1) is 24.9 Å². The van der Waals surface area contributed by atoms with Gasteiger partial charge in [-0.2, -0.15) is 8.42 Å². The Morgan fingerprint density at radius 1 is 0.973 bits per heavy atom. The molecule has 0 spiro atoms. The summed E-state index contributed by atoms with van der Waals surface area (Å²) >= 11 is 4.25. The molecule has 0 bridgehead atoms. The lowest BCUT2D eigenvalue weighted by atomic mass is 10.2. The number of thioether (sulfide) groups is 1. The molecule has 1 amide bonds. The second-order valence-electron chi connectivity index (χ2n) is 7.24. The summed E-state index contributed by atoms with van der Waals surface area (Å²) in [4.78, 5) is 37.2. The van der Waals surface area contributed by atoms with Gasteiger partial charge < -0.3 is 9.50 Å². The van der Waals surface area contributed by atoms with Crippen LogP contribution in [0.5, 0.6) is 5.75 Å². The minimum atomic E-state index is -4.26. The summed E-state index contributed by atoms with van der Waals surface area (Å²) in [5.41, 5.74) is 0.467. The first-order valence-electron chi connectivity index (χ1n) is 10.0. The van der Waals surface area contributed by atoms with E-state index in [0.717, 1.165) is 36.0 Å². The van der Waals surface area contributed by atoms with Crippen LogP contribution in [0.25, 0.3) is 6.08 Å². The van der Waals surface area contributed by atoms with E-state index in [1.54, 1.807) is 6.07 Å². The fourth-order valence-corrected chi connectivity index (χ4v) is 5.22. The lowest BCUT2D eigenvalue weighted by Gasteiger charge is -2.07. The topological polar surface area (TPSA) is 171 Å². The molecule has 1 aliphatic heterocycles. The standard InChI is InChI=1S/C22H13BrN4O8S2/c23-18-12-15(27(31)32)6-9-19(18)24-22-25-21(28)20(36-22)11-13-2-1-3-16(10-13)35-37(33,34)17-7-4-14(5-8-17)26(29)30/h1-12H,(H,24,25,28)/b20-11+. The number of amidine groups is 1. The van der Waals surface area contributed by atoms with Crippen molar-refractivity contribution in [3.63, 3.8) is 0 Å². The van der Waals surface area contributed by atoms with Crippen LogP contribution < -0.4 is 9.50 Å². The number of nitro benzene ring substituents is 2. The maximum Gasteiger partial charge on any atom is 0.339 e. The zero-order valence-electron chi connectivity index (χ0n) is 18.2. The summed E-state index contributed by atoms with van der Waals surface area (Å²) in [6.07, 6.45) is 1.51. The average molecular weight is 605 g/mol. The summed E-state index contributed by atoms with van der Waals surface area (Å²) in [5.74, 6) is -0.466. The van der Waals surface area contributed by atoms with Crippen molar-refractivity contribution in [3.05, 3.63) is 102 Å². The molecule has 15 heteroatoms. The van der Waals surface area contributed by atoms with Crippen LogP contribution in [0.4, 0.5) is 17.1 Å². The van der Waals surface area contributed by atoms with Gasteiger partial charge in [-0.05, 0) is 69.7 Å². The van der Waals surface area contributed by atoms with Crippen molar-refractivity contribution in [2.75, 3.05) is 0 Å². The van der Waals surface area contributed by atoms with Crippen LogP contribution >= 0.6 is 27.7 Å². The fraction of sp³-hybridized carbons (Fsp3) is 0. The van der Waals surface area contributed by atoms with Crippen molar-refractivity contribution in [1.29, 1.82) is 0 Å². The molecule has 37 heavy (non-hydrogen) atoms.